The van der Waals surface area contributed by atoms with Crippen LogP contribution in [0, 0.1) is 0 Å². The Morgan fingerprint density at radius 2 is 2.44 bits per heavy atom. The van der Waals surface area contributed by atoms with Crippen LogP contribution < -0.4 is 5.32 Å². The van der Waals surface area contributed by atoms with Crippen molar-refractivity contribution in [1.82, 2.24) is 14.4 Å². The highest BCUT2D eigenvalue weighted by Crippen LogP contribution is 2.22. The normalized spacial score (nSPS) is 10.9. The Bertz CT molecular complexity index is 471. The summed E-state index contributed by atoms with van der Waals surface area (Å²) in [6, 6.07) is 0. The van der Waals surface area contributed by atoms with Gasteiger partial charge in [0.2, 0.25) is 0 Å². The van der Waals surface area contributed by atoms with E-state index >= 15 is 0 Å². The summed E-state index contributed by atoms with van der Waals surface area (Å²) in [6.45, 7) is 0.711. The minimum Gasteiger partial charge on any atom is -0.384 e. The number of methoxy groups -OCH3 is 1. The molecule has 0 radical (unpaired) electrons. The first-order valence-corrected chi connectivity index (χ1v) is 5.97. The second-order valence-corrected chi connectivity index (χ2v) is 4.26. The van der Waals surface area contributed by atoms with Crippen molar-refractivity contribution in [2.75, 3.05) is 31.8 Å². The summed E-state index contributed by atoms with van der Waals surface area (Å²) < 4.78 is 6.99. The molecule has 0 unspecified atom stereocenters. The first-order valence-electron chi connectivity index (χ1n) is 4.98. The van der Waals surface area contributed by atoms with Gasteiger partial charge in [-0.3, -0.25) is 0 Å². The van der Waals surface area contributed by atoms with Gasteiger partial charge in [0.1, 0.15) is 10.8 Å². The number of nitrogens with one attached hydrogen (secondary N) is 1. The van der Waals surface area contributed by atoms with Crippen molar-refractivity contribution < 1.29 is 4.74 Å². The molecule has 2 aromatic rings. The molecule has 0 amide bonds. The molecule has 0 saturated heterocycles. The quantitative estimate of drug-likeness (QED) is 0.632. The van der Waals surface area contributed by atoms with Gasteiger partial charge in [0.15, 0.2) is 5.65 Å². The minimum atomic E-state index is 0.711. The van der Waals surface area contributed by atoms with Gasteiger partial charge in [-0.2, -0.15) is 0 Å². The van der Waals surface area contributed by atoms with Gasteiger partial charge in [-0.05, 0) is 0 Å². The predicted octanol–water partition coefficient (Wildman–Crippen LogP) is 1.51. The Labute approximate surface area is 98.2 Å². The highest BCUT2D eigenvalue weighted by atomic mass is 32.2. The first-order chi connectivity index (χ1) is 7.85. The number of imidazole rings is 1. The smallest absolute Gasteiger partial charge is 0.169 e. The molecule has 0 aliphatic rings. The van der Waals surface area contributed by atoms with E-state index in [9.17, 15) is 0 Å². The fourth-order valence-electron chi connectivity index (χ4n) is 1.34. The van der Waals surface area contributed by atoms with Crippen LogP contribution >= 0.6 is 11.8 Å². The second kappa shape index (κ2) is 5.18. The number of thioether (sulfide) groups is 1. The maximum absolute atomic E-state index is 5.02. The summed E-state index contributed by atoms with van der Waals surface area (Å²) in [5, 5.41) is 3.96. The maximum atomic E-state index is 5.02. The van der Waals surface area contributed by atoms with Crippen molar-refractivity contribution in [2.45, 2.75) is 5.03 Å². The van der Waals surface area contributed by atoms with Crippen molar-refractivity contribution >= 4 is 23.2 Å². The van der Waals surface area contributed by atoms with Crippen LogP contribution in [-0.2, 0) is 4.74 Å². The standard InChI is InChI=1S/C10H14N4OS/c1-11-8-7-14-4-3-12-9(14)10(13-8)16-6-5-15-2/h3-4,7,11H,5-6H2,1-2H3. The highest BCUT2D eigenvalue weighted by Gasteiger charge is 2.07. The molecule has 0 spiro atoms. The van der Waals surface area contributed by atoms with E-state index in [0.29, 0.717) is 6.61 Å². The Kier molecular flexibility index (Phi) is 3.63. The summed E-state index contributed by atoms with van der Waals surface area (Å²) in [4.78, 5) is 8.76. The van der Waals surface area contributed by atoms with Gasteiger partial charge in [-0.1, -0.05) is 0 Å². The number of rotatable bonds is 5. The lowest BCUT2D eigenvalue weighted by molar-refractivity contribution is 0.218. The molecular formula is C10H14N4OS. The summed E-state index contributed by atoms with van der Waals surface area (Å²) in [6.07, 6.45) is 5.61. The van der Waals surface area contributed by atoms with Crippen molar-refractivity contribution in [1.29, 1.82) is 0 Å². The van der Waals surface area contributed by atoms with Gasteiger partial charge in [0.05, 0.1) is 12.8 Å². The van der Waals surface area contributed by atoms with E-state index in [0.717, 1.165) is 22.2 Å². The number of anilines is 1. The highest BCUT2D eigenvalue weighted by molar-refractivity contribution is 7.99. The molecule has 0 bridgehead atoms. The first kappa shape index (κ1) is 11.2. The molecule has 2 rings (SSSR count). The molecule has 0 aliphatic carbocycles. The van der Waals surface area contributed by atoms with Gasteiger partial charge in [0.25, 0.3) is 0 Å². The fourth-order valence-corrected chi connectivity index (χ4v) is 2.24. The Balaban J connectivity index is 2.29. The van der Waals surface area contributed by atoms with Gasteiger partial charge in [-0.25, -0.2) is 9.97 Å². The topological polar surface area (TPSA) is 51.5 Å². The van der Waals surface area contributed by atoms with E-state index in [1.54, 1.807) is 25.1 Å². The van der Waals surface area contributed by atoms with E-state index in [2.05, 4.69) is 15.3 Å². The molecule has 2 aromatic heterocycles. The van der Waals surface area contributed by atoms with E-state index in [1.165, 1.54) is 0 Å². The third-order valence-corrected chi connectivity index (χ3v) is 3.04. The molecule has 1 N–H and O–H groups in total. The largest absolute Gasteiger partial charge is 0.384 e. The van der Waals surface area contributed by atoms with Crippen molar-refractivity contribution in [3.63, 3.8) is 0 Å². The Hall–Kier alpha value is -1.27. The predicted molar refractivity (Wildman–Crippen MR) is 65.1 cm³/mol. The number of hydrogen-bond acceptors (Lipinski definition) is 5. The Morgan fingerprint density at radius 3 is 3.19 bits per heavy atom. The molecule has 0 aromatic carbocycles. The number of fused-ring (bicyclic) bond motifs is 1. The van der Waals surface area contributed by atoms with E-state index in [1.807, 2.05) is 23.8 Å². The van der Waals surface area contributed by atoms with Gasteiger partial charge < -0.3 is 14.5 Å². The molecule has 0 fully saturated rings. The number of aromatic nitrogens is 3. The fraction of sp³-hybridized carbons (Fsp3) is 0.400. The number of ether oxygens (including phenoxy) is 1. The molecule has 6 heteroatoms. The van der Waals surface area contributed by atoms with E-state index in [4.69, 9.17) is 4.74 Å². The van der Waals surface area contributed by atoms with Crippen LogP contribution in [0.4, 0.5) is 5.82 Å². The van der Waals surface area contributed by atoms with Crippen molar-refractivity contribution in [3.8, 4) is 0 Å². The lowest BCUT2D eigenvalue weighted by Gasteiger charge is -2.06. The monoisotopic (exact) mass is 238 g/mol. The average molecular weight is 238 g/mol. The molecule has 5 nitrogen and oxygen atoms in total. The third-order valence-electron chi connectivity index (χ3n) is 2.13. The molecule has 86 valence electrons. The number of nitrogens with zero attached hydrogens (tertiary/aromatic N) is 3. The summed E-state index contributed by atoms with van der Waals surface area (Å²) >= 11 is 1.65. The van der Waals surface area contributed by atoms with Crippen LogP contribution in [0.15, 0.2) is 23.6 Å². The summed E-state index contributed by atoms with van der Waals surface area (Å²) in [5.41, 5.74) is 0.889. The SMILES string of the molecule is CNc1cn2ccnc2c(SCCOC)n1. The van der Waals surface area contributed by atoms with Gasteiger partial charge in [0, 0.05) is 32.3 Å². The van der Waals surface area contributed by atoms with Crippen molar-refractivity contribution in [3.05, 3.63) is 18.6 Å². The van der Waals surface area contributed by atoms with Crippen LogP contribution in [0.3, 0.4) is 0 Å². The van der Waals surface area contributed by atoms with Crippen LogP contribution in [-0.4, -0.2) is 40.9 Å². The molecule has 0 atom stereocenters. The minimum absolute atomic E-state index is 0.711. The lowest BCUT2D eigenvalue weighted by atomic mass is 10.6. The van der Waals surface area contributed by atoms with Gasteiger partial charge >= 0.3 is 0 Å². The van der Waals surface area contributed by atoms with E-state index < -0.39 is 0 Å². The third kappa shape index (κ3) is 2.28. The molecule has 0 saturated carbocycles. The summed E-state index contributed by atoms with van der Waals surface area (Å²) in [5.74, 6) is 1.71. The lowest BCUT2D eigenvalue weighted by Crippen LogP contribution is -2.00. The van der Waals surface area contributed by atoms with Crippen LogP contribution in [0.25, 0.3) is 5.65 Å². The second-order valence-electron chi connectivity index (χ2n) is 3.18. The summed E-state index contributed by atoms with van der Waals surface area (Å²) in [7, 11) is 3.55. The molecule has 2 heterocycles. The van der Waals surface area contributed by atoms with Crippen molar-refractivity contribution in [2.24, 2.45) is 0 Å². The maximum Gasteiger partial charge on any atom is 0.169 e. The van der Waals surface area contributed by atoms with Crippen LogP contribution in [0.5, 0.6) is 0 Å². The van der Waals surface area contributed by atoms with Crippen LogP contribution in [0.2, 0.25) is 0 Å². The average Bonchev–Trinajstić information content (AvgIpc) is 2.77. The molecule has 0 aliphatic heterocycles. The Morgan fingerprint density at radius 1 is 1.56 bits per heavy atom. The number of hydrogen-bond donors (Lipinski definition) is 1. The van der Waals surface area contributed by atoms with E-state index in [-0.39, 0.29) is 0 Å². The molecular weight excluding hydrogens is 224 g/mol. The zero-order valence-electron chi connectivity index (χ0n) is 9.30. The molecule has 16 heavy (non-hydrogen) atoms. The zero-order chi connectivity index (χ0) is 11.4. The van der Waals surface area contributed by atoms with Gasteiger partial charge in [-0.15, -0.1) is 11.8 Å². The zero-order valence-corrected chi connectivity index (χ0v) is 10.1. The van der Waals surface area contributed by atoms with Crippen LogP contribution in [0.1, 0.15) is 0 Å².